The van der Waals surface area contributed by atoms with Crippen LogP contribution < -0.4 is 5.32 Å². The predicted octanol–water partition coefficient (Wildman–Crippen LogP) is 1.21. The van der Waals surface area contributed by atoms with E-state index in [2.05, 4.69) is 33.5 Å². The quantitative estimate of drug-likeness (QED) is 0.530. The van der Waals surface area contributed by atoms with Gasteiger partial charge in [0.25, 0.3) is 5.91 Å². The normalized spacial score (nSPS) is 22.2. The molecule has 0 bridgehead atoms. The number of pyridine rings is 1. The SMILES string of the molecule is Cn1ncc2cc(CN3CCC(O)(c4ccc5c(n4)CN(C4CCC(=O)NC4=O)C5=O)CC3)ccc21. The number of likely N-dealkylation sites (tertiary alicyclic amines) is 1. The number of piperidine rings is 2. The number of hydrogen-bond acceptors (Lipinski definition) is 7. The standard InChI is InChI=1S/C26H28N6O4/c1-30-20-4-2-16(12-17(20)13-27-30)14-31-10-8-26(36,9-11-31)22-6-3-18-19(28-22)15-32(25(18)35)21-5-7-23(33)29-24(21)34/h2-4,6,12-13,21,36H,5,7-11,14-15H2,1H3,(H,29,33,34). The Morgan fingerprint density at radius 3 is 2.72 bits per heavy atom. The summed E-state index contributed by atoms with van der Waals surface area (Å²) < 4.78 is 1.86. The van der Waals surface area contributed by atoms with Crippen LogP contribution in [0.5, 0.6) is 0 Å². The average molecular weight is 489 g/mol. The molecule has 0 aliphatic carbocycles. The lowest BCUT2D eigenvalue weighted by Gasteiger charge is -2.38. The summed E-state index contributed by atoms with van der Waals surface area (Å²) in [5, 5.41) is 19.2. The third-order valence-corrected chi connectivity index (χ3v) is 7.75. The first-order chi connectivity index (χ1) is 17.3. The topological polar surface area (TPSA) is 121 Å². The van der Waals surface area contributed by atoms with E-state index in [1.165, 1.54) is 10.5 Å². The van der Waals surface area contributed by atoms with Crippen molar-refractivity contribution in [1.29, 1.82) is 0 Å². The maximum atomic E-state index is 12.9. The van der Waals surface area contributed by atoms with Gasteiger partial charge in [0.2, 0.25) is 11.8 Å². The van der Waals surface area contributed by atoms with Gasteiger partial charge in [-0.3, -0.25) is 34.3 Å². The highest BCUT2D eigenvalue weighted by atomic mass is 16.3. The molecule has 1 unspecified atom stereocenters. The number of aliphatic hydroxyl groups is 1. The second kappa shape index (κ2) is 8.49. The number of amides is 3. The fourth-order valence-electron chi connectivity index (χ4n) is 5.60. The smallest absolute Gasteiger partial charge is 0.256 e. The zero-order valence-corrected chi connectivity index (χ0v) is 20.1. The molecule has 6 rings (SSSR count). The Morgan fingerprint density at radius 1 is 1.14 bits per heavy atom. The van der Waals surface area contributed by atoms with Gasteiger partial charge >= 0.3 is 0 Å². The molecule has 2 N–H and O–H groups in total. The Labute approximate surface area is 207 Å². The molecule has 1 aromatic carbocycles. The van der Waals surface area contributed by atoms with Gasteiger partial charge in [-0.05, 0) is 49.1 Å². The molecule has 1 atom stereocenters. The van der Waals surface area contributed by atoms with Crippen LogP contribution in [-0.4, -0.2) is 66.5 Å². The number of nitrogens with one attached hydrogen (secondary N) is 1. The zero-order valence-electron chi connectivity index (χ0n) is 20.1. The lowest BCUT2D eigenvalue weighted by Crippen LogP contribution is -2.52. The van der Waals surface area contributed by atoms with E-state index >= 15 is 0 Å². The van der Waals surface area contributed by atoms with Crippen LogP contribution in [0.2, 0.25) is 0 Å². The number of benzene rings is 1. The number of aryl methyl sites for hydroxylation is 1. The van der Waals surface area contributed by atoms with Crippen molar-refractivity contribution in [3.8, 4) is 0 Å². The van der Waals surface area contributed by atoms with Gasteiger partial charge in [-0.2, -0.15) is 5.10 Å². The Bertz CT molecular complexity index is 1390. The van der Waals surface area contributed by atoms with Crippen molar-refractivity contribution in [2.45, 2.75) is 50.4 Å². The molecule has 3 aliphatic rings. The second-order valence-corrected chi connectivity index (χ2v) is 10.1. The number of imide groups is 1. The molecule has 36 heavy (non-hydrogen) atoms. The molecule has 0 spiro atoms. The summed E-state index contributed by atoms with van der Waals surface area (Å²) >= 11 is 0. The van der Waals surface area contributed by atoms with Gasteiger partial charge in [0, 0.05) is 38.5 Å². The van der Waals surface area contributed by atoms with Crippen molar-refractivity contribution in [3.63, 3.8) is 0 Å². The van der Waals surface area contributed by atoms with E-state index in [-0.39, 0.29) is 24.8 Å². The minimum Gasteiger partial charge on any atom is -0.383 e. The highest BCUT2D eigenvalue weighted by Gasteiger charge is 2.41. The fraction of sp³-hybridized carbons (Fsp3) is 0.423. The highest BCUT2D eigenvalue weighted by molar-refractivity contribution is 6.05. The number of aromatic nitrogens is 3. The first-order valence-corrected chi connectivity index (χ1v) is 12.3. The maximum Gasteiger partial charge on any atom is 0.256 e. The van der Waals surface area contributed by atoms with Crippen LogP contribution in [-0.2, 0) is 35.3 Å². The molecular formula is C26H28N6O4. The summed E-state index contributed by atoms with van der Waals surface area (Å²) in [5.41, 5.74) is 2.84. The third-order valence-electron chi connectivity index (χ3n) is 7.75. The first-order valence-electron chi connectivity index (χ1n) is 12.3. The molecule has 5 heterocycles. The van der Waals surface area contributed by atoms with E-state index in [1.54, 1.807) is 12.1 Å². The van der Waals surface area contributed by atoms with E-state index in [9.17, 15) is 19.5 Å². The second-order valence-electron chi connectivity index (χ2n) is 10.1. The summed E-state index contributed by atoms with van der Waals surface area (Å²) in [6, 6.07) is 9.14. The molecule has 3 amide bonds. The van der Waals surface area contributed by atoms with E-state index in [1.807, 2.05) is 17.9 Å². The summed E-state index contributed by atoms with van der Waals surface area (Å²) in [6.45, 7) is 2.45. The van der Waals surface area contributed by atoms with Crippen molar-refractivity contribution >= 4 is 28.6 Å². The van der Waals surface area contributed by atoms with Crippen LogP contribution in [0, 0.1) is 0 Å². The summed E-state index contributed by atoms with van der Waals surface area (Å²) in [5.74, 6) is -1.01. The Hall–Kier alpha value is -3.63. The number of nitrogens with zero attached hydrogens (tertiary/aromatic N) is 5. The maximum absolute atomic E-state index is 12.9. The largest absolute Gasteiger partial charge is 0.383 e. The Balaban J connectivity index is 1.13. The van der Waals surface area contributed by atoms with Crippen LogP contribution in [0.1, 0.15) is 53.0 Å². The number of carbonyl (C=O) groups excluding carboxylic acids is 3. The van der Waals surface area contributed by atoms with Crippen molar-refractivity contribution in [3.05, 3.63) is 59.0 Å². The molecular weight excluding hydrogens is 460 g/mol. The summed E-state index contributed by atoms with van der Waals surface area (Å²) in [7, 11) is 1.93. The summed E-state index contributed by atoms with van der Waals surface area (Å²) in [4.78, 5) is 45.2. The van der Waals surface area contributed by atoms with Crippen molar-refractivity contribution < 1.29 is 19.5 Å². The predicted molar refractivity (Wildman–Crippen MR) is 129 cm³/mol. The lowest BCUT2D eigenvalue weighted by molar-refractivity contribution is -0.136. The van der Waals surface area contributed by atoms with E-state index < -0.39 is 17.6 Å². The van der Waals surface area contributed by atoms with E-state index in [4.69, 9.17) is 4.98 Å². The van der Waals surface area contributed by atoms with Gasteiger partial charge < -0.3 is 10.0 Å². The Morgan fingerprint density at radius 2 is 1.94 bits per heavy atom. The Kier molecular flexibility index (Phi) is 5.38. The molecule has 3 aliphatic heterocycles. The molecule has 186 valence electrons. The van der Waals surface area contributed by atoms with Crippen LogP contribution in [0.25, 0.3) is 10.9 Å². The molecule has 2 aromatic heterocycles. The number of hydrogen-bond donors (Lipinski definition) is 2. The van der Waals surface area contributed by atoms with Crippen LogP contribution in [0.4, 0.5) is 0 Å². The van der Waals surface area contributed by atoms with Crippen LogP contribution in [0.3, 0.4) is 0 Å². The minimum absolute atomic E-state index is 0.202. The molecule has 10 nitrogen and oxygen atoms in total. The number of rotatable bonds is 4. The van der Waals surface area contributed by atoms with Crippen LogP contribution >= 0.6 is 0 Å². The van der Waals surface area contributed by atoms with E-state index in [0.29, 0.717) is 36.2 Å². The van der Waals surface area contributed by atoms with Gasteiger partial charge in [-0.25, -0.2) is 0 Å². The monoisotopic (exact) mass is 488 g/mol. The molecule has 2 fully saturated rings. The van der Waals surface area contributed by atoms with Gasteiger partial charge in [0.05, 0.1) is 35.2 Å². The first kappa shape index (κ1) is 22.8. The van der Waals surface area contributed by atoms with Crippen molar-refractivity contribution in [2.24, 2.45) is 7.05 Å². The molecule has 0 saturated carbocycles. The lowest BCUT2D eigenvalue weighted by atomic mass is 9.87. The van der Waals surface area contributed by atoms with Crippen molar-refractivity contribution in [1.82, 2.24) is 29.9 Å². The highest BCUT2D eigenvalue weighted by Crippen LogP contribution is 2.35. The van der Waals surface area contributed by atoms with E-state index in [0.717, 1.165) is 30.5 Å². The zero-order chi connectivity index (χ0) is 25.0. The van der Waals surface area contributed by atoms with Crippen LogP contribution in [0.15, 0.2) is 36.5 Å². The van der Waals surface area contributed by atoms with Gasteiger partial charge in [0.1, 0.15) is 11.6 Å². The number of carbonyl (C=O) groups is 3. The fourth-order valence-corrected chi connectivity index (χ4v) is 5.60. The summed E-state index contributed by atoms with van der Waals surface area (Å²) in [6.07, 6.45) is 3.48. The molecule has 3 aromatic rings. The number of fused-ring (bicyclic) bond motifs is 2. The third kappa shape index (κ3) is 3.86. The average Bonchev–Trinajstić information content (AvgIpc) is 3.40. The minimum atomic E-state index is -1.07. The molecule has 10 heteroatoms. The van der Waals surface area contributed by atoms with Gasteiger partial charge in [-0.1, -0.05) is 6.07 Å². The van der Waals surface area contributed by atoms with Gasteiger partial charge in [0.15, 0.2) is 0 Å². The van der Waals surface area contributed by atoms with Crippen molar-refractivity contribution in [2.75, 3.05) is 13.1 Å². The molecule has 2 saturated heterocycles. The molecule has 0 radical (unpaired) electrons. The van der Waals surface area contributed by atoms with Gasteiger partial charge in [-0.15, -0.1) is 0 Å².